The van der Waals surface area contributed by atoms with Gasteiger partial charge in [-0.2, -0.15) is 13.2 Å². The second kappa shape index (κ2) is 5.15. The van der Waals surface area contributed by atoms with Crippen LogP contribution in [0.2, 0.25) is 0 Å². The van der Waals surface area contributed by atoms with Crippen molar-refractivity contribution >= 4 is 33.2 Å². The van der Waals surface area contributed by atoms with Crippen molar-refractivity contribution in [3.05, 3.63) is 16.2 Å². The number of Topliss-reactive ketones (excluding diaryl/α,β-unsaturated/α-hetero) is 1. The lowest BCUT2D eigenvalue weighted by Gasteiger charge is -2.28. The van der Waals surface area contributed by atoms with Crippen LogP contribution in [0.4, 0.5) is 24.7 Å². The van der Waals surface area contributed by atoms with Crippen LogP contribution in [0.25, 0.3) is 0 Å². The zero-order chi connectivity index (χ0) is 15.2. The Labute approximate surface area is 127 Å². The van der Waals surface area contributed by atoms with Gasteiger partial charge in [-0.15, -0.1) is 0 Å². The summed E-state index contributed by atoms with van der Waals surface area (Å²) in [6.45, 7) is 1.81. The number of carbonyl (C=O) groups excluding carboxylic acids is 1. The molecule has 0 radical (unpaired) electrons. The zero-order valence-corrected chi connectivity index (χ0v) is 12.6. The largest absolute Gasteiger partial charge is 0.389 e. The van der Waals surface area contributed by atoms with E-state index in [0.29, 0.717) is 16.3 Å². The predicted octanol–water partition coefficient (Wildman–Crippen LogP) is 3.37. The average molecular weight is 364 g/mol. The van der Waals surface area contributed by atoms with Crippen LogP contribution in [0.5, 0.6) is 0 Å². The lowest BCUT2D eigenvalue weighted by molar-refractivity contribution is -0.133. The number of anilines is 2. The summed E-state index contributed by atoms with van der Waals surface area (Å²) >= 11 is 3.25. The number of pyridine rings is 1. The molecule has 0 saturated carbocycles. The third kappa shape index (κ3) is 3.00. The minimum atomic E-state index is -4.33. The monoisotopic (exact) mass is 363 g/mol. The highest BCUT2D eigenvalue weighted by atomic mass is 79.9. The van der Waals surface area contributed by atoms with Gasteiger partial charge in [-0.25, -0.2) is 4.98 Å². The summed E-state index contributed by atoms with van der Waals surface area (Å²) in [5, 5.41) is 3.24. The topological polar surface area (TPSA) is 45.2 Å². The van der Waals surface area contributed by atoms with Gasteiger partial charge in [0.2, 0.25) is 0 Å². The Hall–Kier alpha value is -1.31. The van der Waals surface area contributed by atoms with Crippen molar-refractivity contribution in [2.75, 3.05) is 23.3 Å². The van der Waals surface area contributed by atoms with E-state index < -0.39 is 24.8 Å². The highest BCUT2D eigenvalue weighted by Crippen LogP contribution is 2.37. The number of carbonyl (C=O) groups is 1. The molecule has 3 heterocycles. The average Bonchev–Trinajstić information content (AvgIpc) is 2.79. The van der Waals surface area contributed by atoms with Crippen molar-refractivity contribution in [3.8, 4) is 0 Å². The lowest BCUT2D eigenvalue weighted by atomic mass is 10.1. The minimum Gasteiger partial charge on any atom is -0.366 e. The van der Waals surface area contributed by atoms with E-state index in [2.05, 4.69) is 31.1 Å². The SMILES string of the molecule is O=C(CCC(F)(F)F)c1nc2c(cc1Br)N1CC[C@@H](C1)N2. The first-order valence-corrected chi connectivity index (χ1v) is 7.45. The quantitative estimate of drug-likeness (QED) is 0.836. The normalized spacial score (nSPS) is 20.2. The Bertz CT molecular complexity index is 591. The van der Waals surface area contributed by atoms with Gasteiger partial charge in [0.05, 0.1) is 12.1 Å². The number of hydrogen-bond donors (Lipinski definition) is 1. The van der Waals surface area contributed by atoms with Crippen LogP contribution in [-0.2, 0) is 0 Å². The molecular formula is C13H13BrF3N3O. The number of rotatable bonds is 3. The number of halogens is 4. The summed E-state index contributed by atoms with van der Waals surface area (Å²) in [5.41, 5.74) is 0.955. The fourth-order valence-corrected chi connectivity index (χ4v) is 3.21. The van der Waals surface area contributed by atoms with Crippen LogP contribution >= 0.6 is 15.9 Å². The van der Waals surface area contributed by atoms with Crippen molar-refractivity contribution in [1.82, 2.24) is 4.98 Å². The molecule has 8 heteroatoms. The molecule has 3 rings (SSSR count). The Morgan fingerprint density at radius 2 is 2.29 bits per heavy atom. The van der Waals surface area contributed by atoms with Gasteiger partial charge in [-0.05, 0) is 28.4 Å². The van der Waals surface area contributed by atoms with E-state index in [9.17, 15) is 18.0 Å². The van der Waals surface area contributed by atoms with Crippen LogP contribution in [-0.4, -0.2) is 36.1 Å². The predicted molar refractivity (Wildman–Crippen MR) is 75.8 cm³/mol. The number of nitrogens with zero attached hydrogens (tertiary/aromatic N) is 2. The number of aromatic nitrogens is 1. The van der Waals surface area contributed by atoms with E-state index >= 15 is 0 Å². The van der Waals surface area contributed by atoms with Gasteiger partial charge >= 0.3 is 6.18 Å². The number of hydrogen-bond acceptors (Lipinski definition) is 4. The van der Waals surface area contributed by atoms with Gasteiger partial charge in [-0.1, -0.05) is 0 Å². The van der Waals surface area contributed by atoms with Gasteiger partial charge in [0.15, 0.2) is 11.6 Å². The Morgan fingerprint density at radius 3 is 3.00 bits per heavy atom. The fraction of sp³-hybridized carbons (Fsp3) is 0.538. The first-order chi connectivity index (χ1) is 9.83. The number of nitrogens with one attached hydrogen (secondary N) is 1. The molecule has 2 bridgehead atoms. The van der Waals surface area contributed by atoms with Crippen molar-refractivity contribution < 1.29 is 18.0 Å². The van der Waals surface area contributed by atoms with Gasteiger partial charge in [0, 0.05) is 30.0 Å². The summed E-state index contributed by atoms with van der Waals surface area (Å²) in [6.07, 6.45) is -5.05. The molecule has 1 aromatic heterocycles. The summed E-state index contributed by atoms with van der Waals surface area (Å²) in [5.74, 6) is -0.0148. The van der Waals surface area contributed by atoms with Gasteiger partial charge in [0.25, 0.3) is 0 Å². The smallest absolute Gasteiger partial charge is 0.366 e. The standard InChI is InChI=1S/C13H13BrF3N3O/c14-8-5-9-12(18-7-2-4-20(9)6-7)19-11(8)10(21)1-3-13(15,16)17/h5,7H,1-4,6H2,(H,18,19)/t7-/m0/s1. The molecule has 1 atom stereocenters. The van der Waals surface area contributed by atoms with E-state index in [-0.39, 0.29) is 5.69 Å². The fourth-order valence-electron chi connectivity index (χ4n) is 2.69. The molecule has 1 fully saturated rings. The second-order valence-electron chi connectivity index (χ2n) is 5.30. The molecule has 2 aliphatic heterocycles. The summed E-state index contributed by atoms with van der Waals surface area (Å²) in [7, 11) is 0. The van der Waals surface area contributed by atoms with E-state index in [1.54, 1.807) is 6.07 Å². The van der Waals surface area contributed by atoms with Crippen molar-refractivity contribution in [2.45, 2.75) is 31.5 Å². The van der Waals surface area contributed by atoms with Gasteiger partial charge in [-0.3, -0.25) is 4.79 Å². The maximum atomic E-state index is 12.2. The van der Waals surface area contributed by atoms with E-state index in [4.69, 9.17) is 0 Å². The minimum absolute atomic E-state index is 0.0630. The lowest BCUT2D eigenvalue weighted by Crippen LogP contribution is -2.32. The highest BCUT2D eigenvalue weighted by molar-refractivity contribution is 9.10. The Balaban J connectivity index is 1.84. The summed E-state index contributed by atoms with van der Waals surface area (Å²) in [4.78, 5) is 18.3. The Kier molecular flexibility index (Phi) is 3.59. The van der Waals surface area contributed by atoms with E-state index in [0.717, 1.165) is 25.2 Å². The maximum Gasteiger partial charge on any atom is 0.389 e. The third-order valence-corrected chi connectivity index (χ3v) is 4.33. The molecule has 2 aliphatic rings. The van der Waals surface area contributed by atoms with Gasteiger partial charge < -0.3 is 10.2 Å². The van der Waals surface area contributed by atoms with Crippen molar-refractivity contribution in [3.63, 3.8) is 0 Å². The number of ketones is 1. The molecule has 1 saturated heterocycles. The highest BCUT2D eigenvalue weighted by Gasteiger charge is 2.33. The van der Waals surface area contributed by atoms with E-state index in [1.165, 1.54) is 0 Å². The van der Waals surface area contributed by atoms with Crippen LogP contribution in [0.1, 0.15) is 29.8 Å². The van der Waals surface area contributed by atoms with Crippen molar-refractivity contribution in [1.29, 1.82) is 0 Å². The second-order valence-corrected chi connectivity index (χ2v) is 6.16. The van der Waals surface area contributed by atoms with E-state index in [1.807, 2.05) is 0 Å². The molecule has 0 amide bonds. The molecule has 4 nitrogen and oxygen atoms in total. The van der Waals surface area contributed by atoms with Crippen LogP contribution in [0, 0.1) is 0 Å². The number of fused-ring (bicyclic) bond motifs is 4. The molecule has 0 spiro atoms. The molecule has 1 aromatic rings. The van der Waals surface area contributed by atoms with Gasteiger partial charge in [0.1, 0.15) is 5.69 Å². The molecule has 21 heavy (non-hydrogen) atoms. The van der Waals surface area contributed by atoms with Crippen LogP contribution < -0.4 is 10.2 Å². The first kappa shape index (κ1) is 14.6. The zero-order valence-electron chi connectivity index (χ0n) is 11.0. The summed E-state index contributed by atoms with van der Waals surface area (Å²) in [6, 6.07) is 2.06. The maximum absolute atomic E-state index is 12.2. The molecule has 1 N–H and O–H groups in total. The molecule has 114 valence electrons. The molecule has 0 aromatic carbocycles. The van der Waals surface area contributed by atoms with Crippen LogP contribution in [0.3, 0.4) is 0 Å². The third-order valence-electron chi connectivity index (χ3n) is 3.73. The Morgan fingerprint density at radius 1 is 1.52 bits per heavy atom. The van der Waals surface area contributed by atoms with Crippen molar-refractivity contribution in [2.24, 2.45) is 0 Å². The molecular weight excluding hydrogens is 351 g/mol. The summed E-state index contributed by atoms with van der Waals surface area (Å²) < 4.78 is 37.1. The first-order valence-electron chi connectivity index (χ1n) is 6.65. The van der Waals surface area contributed by atoms with Crippen LogP contribution in [0.15, 0.2) is 10.5 Å². The molecule has 0 aliphatic carbocycles. The number of alkyl halides is 3. The molecule has 0 unspecified atom stereocenters.